The van der Waals surface area contributed by atoms with E-state index in [0.717, 1.165) is 43.3 Å². The van der Waals surface area contributed by atoms with Gasteiger partial charge in [-0.1, -0.05) is 12.1 Å². The Kier molecular flexibility index (Phi) is 5.52. The second-order valence-electron chi connectivity index (χ2n) is 8.36. The van der Waals surface area contributed by atoms with Gasteiger partial charge in [0.15, 0.2) is 11.5 Å². The SMILES string of the molecule is c1cc(OCC2CO2)c(OCC2CO2)c(-c2ccc(OCC3CO3)cc2OCC2CO2)c1. The van der Waals surface area contributed by atoms with Gasteiger partial charge in [0, 0.05) is 17.2 Å². The molecule has 0 saturated carbocycles. The minimum absolute atomic E-state index is 0.130. The molecule has 170 valence electrons. The molecule has 4 heterocycles. The van der Waals surface area contributed by atoms with Gasteiger partial charge in [-0.05, 0) is 18.2 Å². The maximum absolute atomic E-state index is 6.19. The number of ether oxygens (including phenoxy) is 8. The van der Waals surface area contributed by atoms with E-state index < -0.39 is 0 Å². The van der Waals surface area contributed by atoms with E-state index in [-0.39, 0.29) is 24.4 Å². The third-order valence-corrected chi connectivity index (χ3v) is 5.53. The fraction of sp³-hybridized carbons (Fsp3) is 0.500. The van der Waals surface area contributed by atoms with E-state index in [0.29, 0.717) is 43.7 Å². The summed E-state index contributed by atoms with van der Waals surface area (Å²) in [4.78, 5) is 0. The van der Waals surface area contributed by atoms with Crippen molar-refractivity contribution in [3.05, 3.63) is 36.4 Å². The predicted molar refractivity (Wildman–Crippen MR) is 113 cm³/mol. The van der Waals surface area contributed by atoms with Crippen LogP contribution in [0, 0.1) is 0 Å². The summed E-state index contributed by atoms with van der Waals surface area (Å²) in [5.74, 6) is 2.81. The standard InChI is InChI=1S/C24H26O8/c1-2-21(24(32-14-19-11-29-19)22(3-1)30-12-17-9-27-17)20-5-4-15(25-7-16-8-26-16)6-23(20)31-13-18-10-28-18/h1-6,16-19H,7-14H2. The first-order valence-electron chi connectivity index (χ1n) is 11.1. The Morgan fingerprint density at radius 2 is 1.16 bits per heavy atom. The topological polar surface area (TPSA) is 87.0 Å². The molecule has 0 aromatic heterocycles. The molecule has 6 rings (SSSR count). The molecule has 8 heteroatoms. The molecule has 8 nitrogen and oxygen atoms in total. The average Bonchev–Trinajstić information content (AvgIpc) is 3.65. The van der Waals surface area contributed by atoms with Gasteiger partial charge in [-0.15, -0.1) is 0 Å². The minimum Gasteiger partial charge on any atom is -0.491 e. The lowest BCUT2D eigenvalue weighted by molar-refractivity contribution is 0.228. The fourth-order valence-electron chi connectivity index (χ4n) is 3.31. The van der Waals surface area contributed by atoms with Crippen LogP contribution >= 0.6 is 0 Å². The highest BCUT2D eigenvalue weighted by atomic mass is 16.6. The first-order chi connectivity index (χ1) is 15.8. The quantitative estimate of drug-likeness (QED) is 0.437. The summed E-state index contributed by atoms with van der Waals surface area (Å²) < 4.78 is 45.4. The van der Waals surface area contributed by atoms with E-state index in [9.17, 15) is 0 Å². The largest absolute Gasteiger partial charge is 0.491 e. The van der Waals surface area contributed by atoms with Crippen molar-refractivity contribution in [2.24, 2.45) is 0 Å². The molecule has 0 amide bonds. The van der Waals surface area contributed by atoms with E-state index in [1.54, 1.807) is 0 Å². The lowest BCUT2D eigenvalue weighted by Gasteiger charge is -2.19. The summed E-state index contributed by atoms with van der Waals surface area (Å²) in [6, 6.07) is 11.7. The second-order valence-corrected chi connectivity index (χ2v) is 8.36. The van der Waals surface area contributed by atoms with E-state index in [1.807, 2.05) is 36.4 Å². The molecule has 4 saturated heterocycles. The third kappa shape index (κ3) is 5.27. The molecule has 2 aromatic rings. The van der Waals surface area contributed by atoms with E-state index in [2.05, 4.69) is 0 Å². The van der Waals surface area contributed by atoms with Crippen molar-refractivity contribution in [3.8, 4) is 34.1 Å². The highest BCUT2D eigenvalue weighted by molar-refractivity contribution is 5.79. The molecule has 4 aliphatic heterocycles. The Morgan fingerprint density at radius 1 is 0.594 bits per heavy atom. The lowest BCUT2D eigenvalue weighted by Crippen LogP contribution is -2.10. The molecule has 0 spiro atoms. The molecule has 32 heavy (non-hydrogen) atoms. The van der Waals surface area contributed by atoms with Gasteiger partial charge in [-0.2, -0.15) is 0 Å². The lowest BCUT2D eigenvalue weighted by atomic mass is 10.0. The fourth-order valence-corrected chi connectivity index (χ4v) is 3.31. The van der Waals surface area contributed by atoms with Crippen LogP contribution in [-0.4, -0.2) is 77.3 Å². The summed E-state index contributed by atoms with van der Waals surface area (Å²) >= 11 is 0. The Bertz CT molecular complexity index is 947. The Labute approximate surface area is 186 Å². The van der Waals surface area contributed by atoms with Gasteiger partial charge in [0.1, 0.15) is 62.3 Å². The van der Waals surface area contributed by atoms with Gasteiger partial charge >= 0.3 is 0 Å². The molecule has 0 aliphatic carbocycles. The van der Waals surface area contributed by atoms with Crippen LogP contribution in [-0.2, 0) is 18.9 Å². The number of rotatable bonds is 13. The summed E-state index contributed by atoms with van der Waals surface area (Å²) in [6.45, 7) is 4.94. The van der Waals surface area contributed by atoms with Crippen molar-refractivity contribution in [2.75, 3.05) is 52.9 Å². The van der Waals surface area contributed by atoms with Crippen LogP contribution in [0.15, 0.2) is 36.4 Å². The van der Waals surface area contributed by atoms with Gasteiger partial charge in [-0.25, -0.2) is 0 Å². The zero-order chi connectivity index (χ0) is 21.3. The zero-order valence-electron chi connectivity index (χ0n) is 17.7. The van der Waals surface area contributed by atoms with Crippen molar-refractivity contribution in [3.63, 3.8) is 0 Å². The number of hydrogen-bond donors (Lipinski definition) is 0. The minimum atomic E-state index is 0.130. The molecular weight excluding hydrogens is 416 g/mol. The Balaban J connectivity index is 1.30. The number of para-hydroxylation sites is 1. The molecule has 0 N–H and O–H groups in total. The molecule has 4 atom stereocenters. The van der Waals surface area contributed by atoms with Crippen LogP contribution in [0.4, 0.5) is 0 Å². The third-order valence-electron chi connectivity index (χ3n) is 5.53. The van der Waals surface area contributed by atoms with E-state index in [4.69, 9.17) is 37.9 Å². The maximum atomic E-state index is 6.19. The number of hydrogen-bond acceptors (Lipinski definition) is 8. The van der Waals surface area contributed by atoms with E-state index >= 15 is 0 Å². The maximum Gasteiger partial charge on any atom is 0.169 e. The number of benzene rings is 2. The summed E-state index contributed by atoms with van der Waals surface area (Å²) in [5.41, 5.74) is 1.80. The normalized spacial score (nSPS) is 26.9. The van der Waals surface area contributed by atoms with Crippen molar-refractivity contribution in [1.29, 1.82) is 0 Å². The predicted octanol–water partition coefficient (Wildman–Crippen LogP) is 2.46. The van der Waals surface area contributed by atoms with Gasteiger partial charge in [0.2, 0.25) is 0 Å². The molecule has 0 radical (unpaired) electrons. The highest BCUT2D eigenvalue weighted by Crippen LogP contribution is 2.44. The number of epoxide rings is 4. The second kappa shape index (κ2) is 8.78. The molecule has 0 bridgehead atoms. The Hall–Kier alpha value is -2.52. The van der Waals surface area contributed by atoms with Crippen LogP contribution in [0.3, 0.4) is 0 Å². The summed E-state index contributed by atoms with van der Waals surface area (Å²) in [5, 5.41) is 0. The zero-order valence-corrected chi connectivity index (χ0v) is 17.7. The average molecular weight is 442 g/mol. The summed E-state index contributed by atoms with van der Waals surface area (Å²) in [6.07, 6.45) is 0.615. The van der Waals surface area contributed by atoms with Crippen LogP contribution in [0.5, 0.6) is 23.0 Å². The van der Waals surface area contributed by atoms with Gasteiger partial charge in [-0.3, -0.25) is 0 Å². The van der Waals surface area contributed by atoms with Crippen LogP contribution < -0.4 is 18.9 Å². The highest BCUT2D eigenvalue weighted by Gasteiger charge is 2.28. The van der Waals surface area contributed by atoms with Crippen molar-refractivity contribution in [1.82, 2.24) is 0 Å². The van der Waals surface area contributed by atoms with Gasteiger partial charge < -0.3 is 37.9 Å². The molecule has 4 unspecified atom stereocenters. The Morgan fingerprint density at radius 3 is 1.78 bits per heavy atom. The van der Waals surface area contributed by atoms with Crippen molar-refractivity contribution in [2.45, 2.75) is 24.4 Å². The van der Waals surface area contributed by atoms with Crippen molar-refractivity contribution >= 4 is 0 Å². The molecule has 2 aromatic carbocycles. The van der Waals surface area contributed by atoms with Crippen molar-refractivity contribution < 1.29 is 37.9 Å². The first-order valence-corrected chi connectivity index (χ1v) is 11.1. The van der Waals surface area contributed by atoms with Crippen LogP contribution in [0.25, 0.3) is 11.1 Å². The van der Waals surface area contributed by atoms with Gasteiger partial charge in [0.05, 0.1) is 26.4 Å². The first kappa shape index (κ1) is 20.1. The van der Waals surface area contributed by atoms with Crippen LogP contribution in [0.2, 0.25) is 0 Å². The van der Waals surface area contributed by atoms with Crippen LogP contribution in [0.1, 0.15) is 0 Å². The smallest absolute Gasteiger partial charge is 0.169 e. The van der Waals surface area contributed by atoms with E-state index in [1.165, 1.54) is 0 Å². The molecular formula is C24H26O8. The molecule has 4 aliphatic rings. The van der Waals surface area contributed by atoms with Gasteiger partial charge in [0.25, 0.3) is 0 Å². The monoisotopic (exact) mass is 442 g/mol. The molecule has 4 fully saturated rings. The summed E-state index contributed by atoms with van der Waals surface area (Å²) in [7, 11) is 0.